The minimum absolute atomic E-state index is 0.222. The van der Waals surface area contributed by atoms with Gasteiger partial charge in [0, 0.05) is 29.8 Å². The summed E-state index contributed by atoms with van der Waals surface area (Å²) < 4.78 is 26.5. The van der Waals surface area contributed by atoms with Crippen LogP contribution in [-0.4, -0.2) is 11.7 Å². The summed E-state index contributed by atoms with van der Waals surface area (Å²) in [6.07, 6.45) is 2.02. The first kappa shape index (κ1) is 14.4. The SMILES string of the molecule is CCn1cc(COc2cccc(OC)c2)c2ccc(F)cc21. The Morgan fingerprint density at radius 3 is 2.68 bits per heavy atom. The van der Waals surface area contributed by atoms with Crippen molar-refractivity contribution < 1.29 is 13.9 Å². The molecule has 3 rings (SSSR count). The number of halogens is 1. The Morgan fingerprint density at radius 2 is 1.91 bits per heavy atom. The molecule has 1 aromatic heterocycles. The van der Waals surface area contributed by atoms with E-state index in [9.17, 15) is 4.39 Å². The monoisotopic (exact) mass is 299 g/mol. The summed E-state index contributed by atoms with van der Waals surface area (Å²) in [6.45, 7) is 3.26. The number of aromatic nitrogens is 1. The lowest BCUT2D eigenvalue weighted by atomic mass is 10.2. The first-order valence-corrected chi connectivity index (χ1v) is 7.25. The Bertz CT molecular complexity index is 795. The zero-order valence-corrected chi connectivity index (χ0v) is 12.7. The number of hydrogen-bond donors (Lipinski definition) is 0. The summed E-state index contributed by atoms with van der Waals surface area (Å²) in [6, 6.07) is 12.4. The van der Waals surface area contributed by atoms with E-state index in [0.29, 0.717) is 6.61 Å². The van der Waals surface area contributed by atoms with Crippen molar-refractivity contribution in [3.05, 3.63) is 60.0 Å². The highest BCUT2D eigenvalue weighted by Crippen LogP contribution is 2.25. The Morgan fingerprint density at radius 1 is 1.09 bits per heavy atom. The zero-order chi connectivity index (χ0) is 15.5. The molecule has 0 saturated carbocycles. The molecule has 22 heavy (non-hydrogen) atoms. The van der Waals surface area contributed by atoms with Crippen LogP contribution in [0.5, 0.6) is 11.5 Å². The number of ether oxygens (including phenoxy) is 2. The maximum Gasteiger partial charge on any atom is 0.125 e. The van der Waals surface area contributed by atoms with Crippen LogP contribution in [0, 0.1) is 5.82 Å². The van der Waals surface area contributed by atoms with Gasteiger partial charge in [-0.25, -0.2) is 4.39 Å². The third-order valence-corrected chi connectivity index (χ3v) is 3.70. The molecule has 0 aliphatic heterocycles. The lowest BCUT2D eigenvalue weighted by Gasteiger charge is -2.07. The first-order valence-electron chi connectivity index (χ1n) is 7.25. The minimum atomic E-state index is -0.222. The van der Waals surface area contributed by atoms with E-state index in [1.807, 2.05) is 42.0 Å². The summed E-state index contributed by atoms with van der Waals surface area (Å²) in [5.41, 5.74) is 1.94. The molecule has 0 aliphatic carbocycles. The van der Waals surface area contributed by atoms with Crippen molar-refractivity contribution in [2.24, 2.45) is 0 Å². The number of nitrogens with zero attached hydrogens (tertiary/aromatic N) is 1. The lowest BCUT2D eigenvalue weighted by molar-refractivity contribution is 0.304. The fourth-order valence-electron chi connectivity index (χ4n) is 2.57. The third kappa shape index (κ3) is 2.77. The molecule has 3 aromatic rings. The second kappa shape index (κ2) is 6.10. The van der Waals surface area contributed by atoms with E-state index in [-0.39, 0.29) is 5.82 Å². The molecule has 2 aromatic carbocycles. The molecule has 0 fully saturated rings. The Hall–Kier alpha value is -2.49. The standard InChI is InChI=1S/C18H18FNO2/c1-3-20-11-13(17-8-7-14(19)9-18(17)20)12-22-16-6-4-5-15(10-16)21-2/h4-11H,3,12H2,1-2H3. The van der Waals surface area contributed by atoms with Crippen LogP contribution in [0.15, 0.2) is 48.7 Å². The van der Waals surface area contributed by atoms with E-state index >= 15 is 0 Å². The van der Waals surface area contributed by atoms with Crippen LogP contribution < -0.4 is 9.47 Å². The topological polar surface area (TPSA) is 23.4 Å². The smallest absolute Gasteiger partial charge is 0.125 e. The number of rotatable bonds is 5. The highest BCUT2D eigenvalue weighted by Gasteiger charge is 2.09. The molecule has 0 atom stereocenters. The largest absolute Gasteiger partial charge is 0.497 e. The molecular weight excluding hydrogens is 281 g/mol. The molecule has 0 N–H and O–H groups in total. The summed E-state index contributed by atoms with van der Waals surface area (Å²) >= 11 is 0. The van der Waals surface area contributed by atoms with Crippen LogP contribution in [0.1, 0.15) is 12.5 Å². The molecule has 114 valence electrons. The van der Waals surface area contributed by atoms with Gasteiger partial charge in [0.2, 0.25) is 0 Å². The van der Waals surface area contributed by atoms with Crippen LogP contribution in [0.25, 0.3) is 10.9 Å². The molecule has 0 spiro atoms. The van der Waals surface area contributed by atoms with Gasteiger partial charge in [-0.1, -0.05) is 6.07 Å². The zero-order valence-electron chi connectivity index (χ0n) is 12.7. The summed E-state index contributed by atoms with van der Waals surface area (Å²) in [4.78, 5) is 0. The van der Waals surface area contributed by atoms with E-state index in [1.165, 1.54) is 6.07 Å². The van der Waals surface area contributed by atoms with Crippen molar-refractivity contribution in [3.63, 3.8) is 0 Å². The van der Waals surface area contributed by atoms with Crippen molar-refractivity contribution in [2.45, 2.75) is 20.1 Å². The highest BCUT2D eigenvalue weighted by molar-refractivity contribution is 5.84. The van der Waals surface area contributed by atoms with E-state index < -0.39 is 0 Å². The maximum atomic E-state index is 13.4. The van der Waals surface area contributed by atoms with Crippen LogP contribution in [0.2, 0.25) is 0 Å². The number of benzene rings is 2. The van der Waals surface area contributed by atoms with E-state index in [1.54, 1.807) is 19.2 Å². The summed E-state index contributed by atoms with van der Waals surface area (Å²) in [5, 5.41) is 1.02. The first-order chi connectivity index (χ1) is 10.7. The minimum Gasteiger partial charge on any atom is -0.497 e. The average Bonchev–Trinajstić information content (AvgIpc) is 2.90. The van der Waals surface area contributed by atoms with Crippen LogP contribution in [0.3, 0.4) is 0 Å². The van der Waals surface area contributed by atoms with Gasteiger partial charge in [0.25, 0.3) is 0 Å². The number of hydrogen-bond acceptors (Lipinski definition) is 2. The molecule has 1 heterocycles. The van der Waals surface area contributed by atoms with Gasteiger partial charge in [0.1, 0.15) is 23.9 Å². The van der Waals surface area contributed by atoms with E-state index in [2.05, 4.69) is 0 Å². The molecule has 0 unspecified atom stereocenters. The van der Waals surface area contributed by atoms with Gasteiger partial charge in [0.05, 0.1) is 12.6 Å². The number of methoxy groups -OCH3 is 1. The number of aryl methyl sites for hydroxylation is 1. The van der Waals surface area contributed by atoms with E-state index in [0.717, 1.165) is 34.5 Å². The Labute approximate surface area is 128 Å². The molecule has 0 bridgehead atoms. The van der Waals surface area contributed by atoms with Gasteiger partial charge < -0.3 is 14.0 Å². The van der Waals surface area contributed by atoms with Gasteiger partial charge in [0.15, 0.2) is 0 Å². The third-order valence-electron chi connectivity index (χ3n) is 3.70. The van der Waals surface area contributed by atoms with Gasteiger partial charge in [-0.3, -0.25) is 0 Å². The summed E-state index contributed by atoms with van der Waals surface area (Å²) in [5.74, 6) is 1.29. The van der Waals surface area contributed by atoms with Crippen LogP contribution in [-0.2, 0) is 13.2 Å². The Kier molecular flexibility index (Phi) is 4.00. The highest BCUT2D eigenvalue weighted by atomic mass is 19.1. The molecule has 4 heteroatoms. The van der Waals surface area contributed by atoms with Gasteiger partial charge in [-0.2, -0.15) is 0 Å². The fourth-order valence-corrected chi connectivity index (χ4v) is 2.57. The molecular formula is C18H18FNO2. The van der Waals surface area contributed by atoms with Crippen LogP contribution >= 0.6 is 0 Å². The fraction of sp³-hybridized carbons (Fsp3) is 0.222. The Balaban J connectivity index is 1.87. The van der Waals surface area contributed by atoms with Crippen molar-refractivity contribution in [3.8, 4) is 11.5 Å². The van der Waals surface area contributed by atoms with Crippen molar-refractivity contribution in [2.75, 3.05) is 7.11 Å². The van der Waals surface area contributed by atoms with Gasteiger partial charge >= 0.3 is 0 Å². The van der Waals surface area contributed by atoms with Crippen LogP contribution in [0.4, 0.5) is 4.39 Å². The predicted octanol–water partition coefficient (Wildman–Crippen LogP) is 4.39. The second-order valence-electron chi connectivity index (χ2n) is 5.07. The lowest BCUT2D eigenvalue weighted by Crippen LogP contribution is -1.95. The van der Waals surface area contributed by atoms with Gasteiger partial charge in [-0.15, -0.1) is 0 Å². The maximum absolute atomic E-state index is 13.4. The van der Waals surface area contributed by atoms with E-state index in [4.69, 9.17) is 9.47 Å². The van der Waals surface area contributed by atoms with Crippen molar-refractivity contribution in [1.29, 1.82) is 0 Å². The number of fused-ring (bicyclic) bond motifs is 1. The van der Waals surface area contributed by atoms with Gasteiger partial charge in [-0.05, 0) is 37.3 Å². The van der Waals surface area contributed by atoms with Crippen molar-refractivity contribution in [1.82, 2.24) is 4.57 Å². The molecule has 0 radical (unpaired) electrons. The normalized spacial score (nSPS) is 10.9. The summed E-state index contributed by atoms with van der Waals surface area (Å²) in [7, 11) is 1.63. The molecule has 0 saturated heterocycles. The predicted molar refractivity (Wildman–Crippen MR) is 84.9 cm³/mol. The molecule has 3 nitrogen and oxygen atoms in total. The van der Waals surface area contributed by atoms with Crippen molar-refractivity contribution >= 4 is 10.9 Å². The second-order valence-corrected chi connectivity index (χ2v) is 5.07. The average molecular weight is 299 g/mol. The quantitative estimate of drug-likeness (QED) is 0.697. The molecule has 0 aliphatic rings. The molecule has 0 amide bonds.